The SMILES string of the molecule is COc1c(C#N)cc(C(C)(C)C)cc1C(=O)Nc1cnc(C)c(-c2ccc(C(=O)NCC(C)(C)CO)cc2)c1. The molecule has 0 saturated carbocycles. The van der Waals surface area contributed by atoms with Crippen molar-refractivity contribution in [3.05, 3.63) is 76.6 Å². The van der Waals surface area contributed by atoms with Crippen LogP contribution in [0.2, 0.25) is 0 Å². The molecule has 0 unspecified atom stereocenters. The van der Waals surface area contributed by atoms with Crippen LogP contribution in [0.5, 0.6) is 5.75 Å². The minimum Gasteiger partial charge on any atom is -0.495 e. The third-order valence-corrected chi connectivity index (χ3v) is 6.48. The second kappa shape index (κ2) is 11.7. The lowest BCUT2D eigenvalue weighted by Crippen LogP contribution is -2.36. The van der Waals surface area contributed by atoms with E-state index < -0.39 is 11.3 Å². The Labute approximate surface area is 230 Å². The van der Waals surface area contributed by atoms with E-state index in [2.05, 4.69) is 21.7 Å². The van der Waals surface area contributed by atoms with Crippen LogP contribution < -0.4 is 15.4 Å². The Morgan fingerprint density at radius 3 is 2.28 bits per heavy atom. The molecule has 2 amide bonds. The van der Waals surface area contributed by atoms with E-state index in [9.17, 15) is 20.0 Å². The molecule has 8 heteroatoms. The number of hydrogen-bond acceptors (Lipinski definition) is 6. The van der Waals surface area contributed by atoms with E-state index in [0.29, 0.717) is 23.4 Å². The van der Waals surface area contributed by atoms with Crippen molar-refractivity contribution >= 4 is 17.5 Å². The fraction of sp³-hybridized carbons (Fsp3) is 0.355. The summed E-state index contributed by atoms with van der Waals surface area (Å²) in [5.74, 6) is -0.412. The quantitative estimate of drug-likeness (QED) is 0.367. The number of aliphatic hydroxyl groups excluding tert-OH is 1. The normalized spacial score (nSPS) is 11.5. The number of nitrogens with one attached hydrogen (secondary N) is 2. The van der Waals surface area contributed by atoms with Gasteiger partial charge >= 0.3 is 0 Å². The van der Waals surface area contributed by atoms with Crippen molar-refractivity contribution < 1.29 is 19.4 Å². The number of ether oxygens (including phenoxy) is 1. The lowest BCUT2D eigenvalue weighted by Gasteiger charge is -2.22. The van der Waals surface area contributed by atoms with Crippen LogP contribution in [0.4, 0.5) is 5.69 Å². The first kappa shape index (κ1) is 29.3. The van der Waals surface area contributed by atoms with Crippen molar-refractivity contribution in [1.29, 1.82) is 5.26 Å². The summed E-state index contributed by atoms with van der Waals surface area (Å²) in [5, 5.41) is 24.8. The molecule has 0 saturated heterocycles. The van der Waals surface area contributed by atoms with Gasteiger partial charge in [0.15, 0.2) is 0 Å². The number of aromatic nitrogens is 1. The molecule has 3 N–H and O–H groups in total. The number of pyridine rings is 1. The van der Waals surface area contributed by atoms with Crippen LogP contribution in [-0.4, -0.2) is 42.2 Å². The number of nitrogens with zero attached hydrogens (tertiary/aromatic N) is 2. The molecule has 39 heavy (non-hydrogen) atoms. The Kier molecular flexibility index (Phi) is 8.78. The zero-order valence-corrected chi connectivity index (χ0v) is 23.6. The van der Waals surface area contributed by atoms with E-state index in [1.807, 2.05) is 59.7 Å². The van der Waals surface area contributed by atoms with Crippen LogP contribution in [0.15, 0.2) is 48.7 Å². The van der Waals surface area contributed by atoms with E-state index in [1.54, 1.807) is 30.5 Å². The first-order valence-corrected chi connectivity index (χ1v) is 12.7. The summed E-state index contributed by atoms with van der Waals surface area (Å²) in [6, 6.07) is 14.6. The molecule has 0 aliphatic carbocycles. The van der Waals surface area contributed by atoms with Gasteiger partial charge in [-0.15, -0.1) is 0 Å². The number of anilines is 1. The van der Waals surface area contributed by atoms with Crippen molar-refractivity contribution in [1.82, 2.24) is 10.3 Å². The third kappa shape index (κ3) is 7.01. The molecule has 0 spiro atoms. The summed E-state index contributed by atoms with van der Waals surface area (Å²) in [4.78, 5) is 30.3. The first-order chi connectivity index (χ1) is 18.3. The van der Waals surface area contributed by atoms with E-state index in [-0.39, 0.29) is 29.2 Å². The van der Waals surface area contributed by atoms with Crippen molar-refractivity contribution in [2.45, 2.75) is 47.0 Å². The maximum atomic E-state index is 13.4. The molecule has 1 aromatic heterocycles. The molecule has 0 bridgehead atoms. The molecule has 1 heterocycles. The summed E-state index contributed by atoms with van der Waals surface area (Å²) in [6.07, 6.45) is 1.58. The lowest BCUT2D eigenvalue weighted by molar-refractivity contribution is 0.0910. The van der Waals surface area contributed by atoms with Gasteiger partial charge in [0.1, 0.15) is 11.8 Å². The number of hydrogen-bond donors (Lipinski definition) is 3. The minimum atomic E-state index is -0.413. The third-order valence-electron chi connectivity index (χ3n) is 6.48. The number of aliphatic hydroxyl groups is 1. The molecule has 0 atom stereocenters. The molecule has 2 aromatic carbocycles. The average molecular weight is 529 g/mol. The number of methoxy groups -OCH3 is 1. The van der Waals surface area contributed by atoms with Crippen LogP contribution >= 0.6 is 0 Å². The highest BCUT2D eigenvalue weighted by Gasteiger charge is 2.23. The minimum absolute atomic E-state index is 0.0281. The fourth-order valence-corrected chi connectivity index (χ4v) is 3.90. The Bertz CT molecular complexity index is 1410. The Hall–Kier alpha value is -4.22. The van der Waals surface area contributed by atoms with Gasteiger partial charge in [-0.1, -0.05) is 46.8 Å². The highest BCUT2D eigenvalue weighted by Crippen LogP contribution is 2.32. The number of carbonyl (C=O) groups is 2. The number of carbonyl (C=O) groups excluding carboxylic acids is 2. The molecule has 0 radical (unpaired) electrons. The van der Waals surface area contributed by atoms with Crippen molar-refractivity contribution in [3.63, 3.8) is 0 Å². The van der Waals surface area contributed by atoms with Gasteiger partial charge in [-0.05, 0) is 53.8 Å². The predicted molar refractivity (Wildman–Crippen MR) is 152 cm³/mol. The number of aryl methyl sites for hydroxylation is 1. The van der Waals surface area contributed by atoms with Crippen molar-refractivity contribution in [2.24, 2.45) is 5.41 Å². The standard InChI is InChI=1S/C31H36N4O4/c1-19-25(20-8-10-21(11-9-20)28(37)34-17-31(5,6)18-36)14-24(16-33-19)35-29(38)26-13-23(30(2,3)4)12-22(15-32)27(26)39-7/h8-14,16,36H,17-18H2,1-7H3,(H,34,37)(H,35,38). The van der Waals surface area contributed by atoms with E-state index in [4.69, 9.17) is 4.74 Å². The molecule has 0 aliphatic rings. The van der Waals surface area contributed by atoms with Gasteiger partial charge in [0.2, 0.25) is 0 Å². The zero-order valence-electron chi connectivity index (χ0n) is 23.6. The highest BCUT2D eigenvalue weighted by atomic mass is 16.5. The van der Waals surface area contributed by atoms with Gasteiger partial charge in [-0.25, -0.2) is 0 Å². The van der Waals surface area contributed by atoms with E-state index >= 15 is 0 Å². The van der Waals surface area contributed by atoms with E-state index in [0.717, 1.165) is 22.4 Å². The maximum absolute atomic E-state index is 13.4. The zero-order chi connectivity index (χ0) is 29.0. The van der Waals surface area contributed by atoms with Crippen molar-refractivity contribution in [2.75, 3.05) is 25.6 Å². The van der Waals surface area contributed by atoms with Crippen LogP contribution in [0.25, 0.3) is 11.1 Å². The average Bonchev–Trinajstić information content (AvgIpc) is 2.91. The van der Waals surface area contributed by atoms with Gasteiger partial charge in [0.25, 0.3) is 11.8 Å². The molecule has 3 rings (SSSR count). The number of rotatable bonds is 8. The molecular formula is C31H36N4O4. The van der Waals surface area contributed by atoms with Gasteiger partial charge < -0.3 is 20.5 Å². The monoisotopic (exact) mass is 528 g/mol. The number of benzene rings is 2. The summed E-state index contributed by atoms with van der Waals surface area (Å²) in [5.41, 5.74) is 4.10. The van der Waals surface area contributed by atoms with Gasteiger partial charge in [-0.2, -0.15) is 5.26 Å². The number of nitriles is 1. The van der Waals surface area contributed by atoms with Crippen LogP contribution in [0.1, 0.15) is 72.2 Å². The first-order valence-electron chi connectivity index (χ1n) is 12.7. The second-order valence-corrected chi connectivity index (χ2v) is 11.4. The molecular weight excluding hydrogens is 492 g/mol. The summed E-state index contributed by atoms with van der Waals surface area (Å²) < 4.78 is 5.43. The summed E-state index contributed by atoms with van der Waals surface area (Å²) in [6.45, 7) is 12.0. The molecule has 0 aliphatic heterocycles. The fourth-order valence-electron chi connectivity index (χ4n) is 3.90. The predicted octanol–water partition coefficient (Wildman–Crippen LogP) is 5.24. The van der Waals surface area contributed by atoms with E-state index in [1.165, 1.54) is 7.11 Å². The van der Waals surface area contributed by atoms with Crippen LogP contribution in [-0.2, 0) is 5.41 Å². The second-order valence-electron chi connectivity index (χ2n) is 11.4. The molecule has 204 valence electrons. The number of amides is 2. The van der Waals surface area contributed by atoms with Crippen LogP contribution in [0.3, 0.4) is 0 Å². The topological polar surface area (TPSA) is 124 Å². The van der Waals surface area contributed by atoms with Crippen molar-refractivity contribution in [3.8, 4) is 22.9 Å². The maximum Gasteiger partial charge on any atom is 0.259 e. The largest absolute Gasteiger partial charge is 0.495 e. The lowest BCUT2D eigenvalue weighted by atomic mass is 9.84. The Morgan fingerprint density at radius 1 is 1.05 bits per heavy atom. The van der Waals surface area contributed by atoms with Gasteiger partial charge in [-0.3, -0.25) is 14.6 Å². The summed E-state index contributed by atoms with van der Waals surface area (Å²) in [7, 11) is 1.44. The molecule has 3 aromatic rings. The van der Waals surface area contributed by atoms with Gasteiger partial charge in [0.05, 0.1) is 30.1 Å². The highest BCUT2D eigenvalue weighted by molar-refractivity contribution is 6.07. The smallest absolute Gasteiger partial charge is 0.259 e. The molecule has 0 fully saturated rings. The van der Waals surface area contributed by atoms with Gasteiger partial charge in [0, 0.05) is 35.4 Å². The molecule has 8 nitrogen and oxygen atoms in total. The summed E-state index contributed by atoms with van der Waals surface area (Å²) >= 11 is 0. The Balaban J connectivity index is 1.87. The van der Waals surface area contributed by atoms with Crippen LogP contribution in [0, 0.1) is 23.7 Å². The Morgan fingerprint density at radius 2 is 1.72 bits per heavy atom.